The highest BCUT2D eigenvalue weighted by atomic mass is 16.6. The molecule has 7 nitrogen and oxygen atoms in total. The predicted molar refractivity (Wildman–Crippen MR) is 87.3 cm³/mol. The molecule has 1 amide bonds. The molecule has 0 radical (unpaired) electrons. The molecule has 0 spiro atoms. The smallest absolute Gasteiger partial charge is 0.411 e. The van der Waals surface area contributed by atoms with E-state index in [1.807, 2.05) is 30.3 Å². The lowest BCUT2D eigenvalue weighted by Crippen LogP contribution is -2.39. The highest BCUT2D eigenvalue weighted by molar-refractivity contribution is 5.81. The van der Waals surface area contributed by atoms with Gasteiger partial charge in [0.1, 0.15) is 6.61 Å². The molecule has 24 heavy (non-hydrogen) atoms. The van der Waals surface area contributed by atoms with Crippen LogP contribution in [0.25, 0.3) is 0 Å². The number of carboxylic acids is 1. The van der Waals surface area contributed by atoms with Crippen molar-refractivity contribution in [3.63, 3.8) is 0 Å². The number of rotatable bonds is 6. The minimum atomic E-state index is -1.13. The number of amides is 1. The number of hydrogen-bond acceptors (Lipinski definition) is 4. The van der Waals surface area contributed by atoms with Gasteiger partial charge in [-0.1, -0.05) is 30.3 Å². The van der Waals surface area contributed by atoms with E-state index in [4.69, 9.17) is 4.74 Å². The maximum Gasteiger partial charge on any atom is 0.411 e. The molecular formula is C17H21N3O4. The van der Waals surface area contributed by atoms with Gasteiger partial charge >= 0.3 is 12.1 Å². The number of benzene rings is 1. The first-order valence-corrected chi connectivity index (χ1v) is 7.64. The summed E-state index contributed by atoms with van der Waals surface area (Å²) in [5.41, 5.74) is 2.01. The molecule has 1 aromatic heterocycles. The molecule has 2 rings (SSSR count). The number of aliphatic carboxylic acids is 1. The molecule has 1 atom stereocenters. The molecule has 0 saturated carbocycles. The van der Waals surface area contributed by atoms with Gasteiger partial charge in [-0.2, -0.15) is 5.10 Å². The van der Waals surface area contributed by atoms with E-state index in [-0.39, 0.29) is 13.2 Å². The first-order valence-electron chi connectivity index (χ1n) is 7.64. The van der Waals surface area contributed by atoms with Crippen molar-refractivity contribution in [3.8, 4) is 0 Å². The number of nitrogens with zero attached hydrogens (tertiary/aromatic N) is 3. The number of ether oxygens (including phenoxy) is 1. The van der Waals surface area contributed by atoms with Crippen molar-refractivity contribution in [2.75, 3.05) is 6.54 Å². The lowest BCUT2D eigenvalue weighted by molar-refractivity contribution is -0.143. The van der Waals surface area contributed by atoms with Crippen molar-refractivity contribution in [3.05, 3.63) is 53.3 Å². The largest absolute Gasteiger partial charge is 0.479 e. The predicted octanol–water partition coefficient (Wildman–Crippen LogP) is 2.51. The third-order valence-corrected chi connectivity index (χ3v) is 3.89. The quantitative estimate of drug-likeness (QED) is 0.879. The van der Waals surface area contributed by atoms with Gasteiger partial charge in [0.05, 0.1) is 6.20 Å². The second-order valence-corrected chi connectivity index (χ2v) is 5.38. The molecule has 1 unspecified atom stereocenters. The molecule has 0 fully saturated rings. The maximum absolute atomic E-state index is 12.4. The van der Waals surface area contributed by atoms with E-state index >= 15 is 0 Å². The van der Waals surface area contributed by atoms with Crippen LogP contribution in [0.4, 0.5) is 4.79 Å². The van der Waals surface area contributed by atoms with Gasteiger partial charge < -0.3 is 9.84 Å². The lowest BCUT2D eigenvalue weighted by atomic mass is 10.1. The van der Waals surface area contributed by atoms with Crippen molar-refractivity contribution < 1.29 is 19.4 Å². The topological polar surface area (TPSA) is 84.7 Å². The number of carbonyl (C=O) groups is 2. The van der Waals surface area contributed by atoms with E-state index in [2.05, 4.69) is 5.10 Å². The minimum absolute atomic E-state index is 0.0918. The van der Waals surface area contributed by atoms with E-state index in [1.165, 1.54) is 11.1 Å². The summed E-state index contributed by atoms with van der Waals surface area (Å²) in [6.45, 7) is 3.78. The Morgan fingerprint density at radius 1 is 1.33 bits per heavy atom. The summed E-state index contributed by atoms with van der Waals surface area (Å²) in [5, 5.41) is 13.7. The zero-order valence-corrected chi connectivity index (χ0v) is 14.0. The van der Waals surface area contributed by atoms with E-state index in [0.29, 0.717) is 11.3 Å². The summed E-state index contributed by atoms with van der Waals surface area (Å²) in [6, 6.07) is 8.11. The molecule has 1 heterocycles. The number of aromatic nitrogens is 2. The highest BCUT2D eigenvalue weighted by Crippen LogP contribution is 2.24. The van der Waals surface area contributed by atoms with Crippen LogP contribution in [0, 0.1) is 6.92 Å². The molecule has 1 aromatic carbocycles. The summed E-state index contributed by atoms with van der Waals surface area (Å²) >= 11 is 0. The van der Waals surface area contributed by atoms with Crippen LogP contribution in [0.2, 0.25) is 0 Å². The number of likely N-dealkylation sites (N-methyl/N-ethyl adjacent to an activating group) is 1. The second-order valence-electron chi connectivity index (χ2n) is 5.38. The SMILES string of the molecule is CCN(C(=O)OCc1ccccc1)C(C(=O)O)c1cnn(C)c1C. The highest BCUT2D eigenvalue weighted by Gasteiger charge is 2.33. The molecule has 0 aliphatic heterocycles. The van der Waals surface area contributed by atoms with E-state index in [1.54, 1.807) is 25.6 Å². The van der Waals surface area contributed by atoms with Gasteiger partial charge in [0.15, 0.2) is 6.04 Å². The number of aryl methyl sites for hydroxylation is 1. The Morgan fingerprint density at radius 3 is 2.50 bits per heavy atom. The van der Waals surface area contributed by atoms with Gasteiger partial charge in [-0.3, -0.25) is 9.58 Å². The first kappa shape index (κ1) is 17.5. The van der Waals surface area contributed by atoms with Gasteiger partial charge in [0.25, 0.3) is 0 Å². The molecule has 7 heteroatoms. The van der Waals surface area contributed by atoms with Crippen molar-refractivity contribution >= 4 is 12.1 Å². The third-order valence-electron chi connectivity index (χ3n) is 3.89. The number of carboxylic acid groups (broad SMARTS) is 1. The molecule has 1 N–H and O–H groups in total. The Bertz CT molecular complexity index is 712. The Hall–Kier alpha value is -2.83. The minimum Gasteiger partial charge on any atom is -0.479 e. The van der Waals surface area contributed by atoms with Crippen LogP contribution < -0.4 is 0 Å². The Kier molecular flexibility index (Phi) is 5.57. The van der Waals surface area contributed by atoms with Crippen LogP contribution in [-0.4, -0.2) is 38.4 Å². The zero-order chi connectivity index (χ0) is 17.7. The van der Waals surface area contributed by atoms with Crippen LogP contribution >= 0.6 is 0 Å². The first-order chi connectivity index (χ1) is 11.5. The summed E-state index contributed by atoms with van der Waals surface area (Å²) in [6.07, 6.45) is 0.804. The average molecular weight is 331 g/mol. The summed E-state index contributed by atoms with van der Waals surface area (Å²) < 4.78 is 6.85. The molecule has 128 valence electrons. The monoisotopic (exact) mass is 331 g/mol. The van der Waals surface area contributed by atoms with E-state index < -0.39 is 18.1 Å². The van der Waals surface area contributed by atoms with Gasteiger partial charge in [-0.05, 0) is 19.4 Å². The van der Waals surface area contributed by atoms with E-state index in [0.717, 1.165) is 5.56 Å². The average Bonchev–Trinajstić information content (AvgIpc) is 2.90. The van der Waals surface area contributed by atoms with E-state index in [9.17, 15) is 14.7 Å². The molecule has 2 aromatic rings. The van der Waals surface area contributed by atoms with Crippen molar-refractivity contribution in [1.82, 2.24) is 14.7 Å². The van der Waals surface area contributed by atoms with Gasteiger partial charge in [-0.25, -0.2) is 9.59 Å². The lowest BCUT2D eigenvalue weighted by Gasteiger charge is -2.27. The van der Waals surface area contributed by atoms with Crippen molar-refractivity contribution in [2.45, 2.75) is 26.5 Å². The fourth-order valence-corrected chi connectivity index (χ4v) is 2.44. The Morgan fingerprint density at radius 2 is 2.00 bits per heavy atom. The van der Waals surface area contributed by atoms with Gasteiger partial charge in [0, 0.05) is 24.8 Å². The molecule has 0 bridgehead atoms. The standard InChI is InChI=1S/C17H21N3O4/c1-4-20(17(23)24-11-13-8-6-5-7-9-13)15(16(21)22)14-10-18-19(3)12(14)2/h5-10,15H,4,11H2,1-3H3,(H,21,22). The fourth-order valence-electron chi connectivity index (χ4n) is 2.44. The van der Waals surface area contributed by atoms with Crippen LogP contribution in [0.1, 0.15) is 29.8 Å². The van der Waals surface area contributed by atoms with Crippen LogP contribution in [0.3, 0.4) is 0 Å². The molecular weight excluding hydrogens is 310 g/mol. The van der Waals surface area contributed by atoms with Crippen LogP contribution in [-0.2, 0) is 23.2 Å². The Labute approximate surface area is 140 Å². The number of carbonyl (C=O) groups excluding carboxylic acids is 1. The van der Waals surface area contributed by atoms with Crippen molar-refractivity contribution in [1.29, 1.82) is 0 Å². The number of hydrogen-bond donors (Lipinski definition) is 1. The van der Waals surface area contributed by atoms with Crippen LogP contribution in [0.5, 0.6) is 0 Å². The summed E-state index contributed by atoms with van der Waals surface area (Å²) in [7, 11) is 1.72. The zero-order valence-electron chi connectivity index (χ0n) is 14.0. The second kappa shape index (κ2) is 7.63. The van der Waals surface area contributed by atoms with Crippen LogP contribution in [0.15, 0.2) is 36.5 Å². The third kappa shape index (κ3) is 3.73. The van der Waals surface area contributed by atoms with Gasteiger partial charge in [-0.15, -0.1) is 0 Å². The summed E-state index contributed by atoms with van der Waals surface area (Å²) in [4.78, 5) is 25.3. The molecule has 0 aliphatic carbocycles. The summed E-state index contributed by atoms with van der Waals surface area (Å²) in [5.74, 6) is -1.12. The molecule has 0 aliphatic rings. The normalized spacial score (nSPS) is 11.8. The maximum atomic E-state index is 12.4. The fraction of sp³-hybridized carbons (Fsp3) is 0.353. The van der Waals surface area contributed by atoms with Gasteiger partial charge in [0.2, 0.25) is 0 Å². The van der Waals surface area contributed by atoms with Crippen molar-refractivity contribution in [2.24, 2.45) is 7.05 Å². The Balaban J connectivity index is 2.18. The molecule has 0 saturated heterocycles.